The highest BCUT2D eigenvalue weighted by atomic mass is 16.5. The lowest BCUT2D eigenvalue weighted by atomic mass is 9.96. The standard InChI is InChI=1S/C24H32N6O2/c1-17-25-23(31-27-17)21-7-11-29(12-8-21)15-19-3-5-20(6-4-19)16-30-13-9-22(10-14-30)24-26-18(2)28-32-24/h3-6,21-22H,7-16H2,1-2H3. The van der Waals surface area contributed by atoms with Crippen LogP contribution in [-0.2, 0) is 13.1 Å². The molecule has 0 radical (unpaired) electrons. The number of rotatable bonds is 6. The number of nitrogens with zero attached hydrogens (tertiary/aromatic N) is 6. The van der Waals surface area contributed by atoms with E-state index < -0.39 is 0 Å². The molecule has 0 bridgehead atoms. The molecule has 2 fully saturated rings. The smallest absolute Gasteiger partial charge is 0.229 e. The summed E-state index contributed by atoms with van der Waals surface area (Å²) in [6, 6.07) is 9.15. The van der Waals surface area contributed by atoms with Crippen molar-refractivity contribution in [2.45, 2.75) is 64.5 Å². The van der Waals surface area contributed by atoms with Crippen molar-refractivity contribution >= 4 is 0 Å². The molecule has 2 aliphatic rings. The van der Waals surface area contributed by atoms with Crippen molar-refractivity contribution in [1.82, 2.24) is 30.1 Å². The summed E-state index contributed by atoms with van der Waals surface area (Å²) >= 11 is 0. The van der Waals surface area contributed by atoms with Gasteiger partial charge in [-0.25, -0.2) is 0 Å². The van der Waals surface area contributed by atoms with Gasteiger partial charge in [-0.1, -0.05) is 34.6 Å². The van der Waals surface area contributed by atoms with Gasteiger partial charge < -0.3 is 9.05 Å². The number of piperidine rings is 2. The largest absolute Gasteiger partial charge is 0.339 e. The third-order valence-corrected chi connectivity index (χ3v) is 6.80. The minimum absolute atomic E-state index is 0.405. The first-order valence-corrected chi connectivity index (χ1v) is 11.8. The summed E-state index contributed by atoms with van der Waals surface area (Å²) in [7, 11) is 0. The van der Waals surface area contributed by atoms with Gasteiger partial charge in [0.15, 0.2) is 11.6 Å². The molecular formula is C24H32N6O2. The summed E-state index contributed by atoms with van der Waals surface area (Å²) in [6.45, 7) is 10.1. The molecule has 0 saturated carbocycles. The maximum atomic E-state index is 5.37. The summed E-state index contributed by atoms with van der Waals surface area (Å²) in [6.07, 6.45) is 4.33. The lowest BCUT2D eigenvalue weighted by molar-refractivity contribution is 0.186. The van der Waals surface area contributed by atoms with Crippen molar-refractivity contribution in [2.24, 2.45) is 0 Å². The molecule has 4 heterocycles. The molecule has 5 rings (SSSR count). The number of benzene rings is 1. The second-order valence-corrected chi connectivity index (χ2v) is 9.28. The van der Waals surface area contributed by atoms with Crippen molar-refractivity contribution in [3.8, 4) is 0 Å². The lowest BCUT2D eigenvalue weighted by Crippen LogP contribution is -2.33. The molecule has 2 aromatic heterocycles. The molecule has 8 nitrogen and oxygen atoms in total. The van der Waals surface area contributed by atoms with Gasteiger partial charge in [0.05, 0.1) is 0 Å². The van der Waals surface area contributed by atoms with Crippen LogP contribution in [0.25, 0.3) is 0 Å². The summed E-state index contributed by atoms with van der Waals surface area (Å²) < 4.78 is 10.7. The predicted octanol–water partition coefficient (Wildman–Crippen LogP) is 3.83. The Labute approximate surface area is 189 Å². The third-order valence-electron chi connectivity index (χ3n) is 6.80. The summed E-state index contributed by atoms with van der Waals surface area (Å²) in [5.74, 6) is 3.89. The van der Waals surface area contributed by atoms with Crippen molar-refractivity contribution < 1.29 is 9.05 Å². The Morgan fingerprint density at radius 3 is 1.38 bits per heavy atom. The van der Waals surface area contributed by atoms with Gasteiger partial charge >= 0.3 is 0 Å². The predicted molar refractivity (Wildman–Crippen MR) is 119 cm³/mol. The van der Waals surface area contributed by atoms with E-state index in [2.05, 4.69) is 54.3 Å². The number of aromatic nitrogens is 4. The highest BCUT2D eigenvalue weighted by Gasteiger charge is 2.26. The summed E-state index contributed by atoms with van der Waals surface area (Å²) in [5.41, 5.74) is 2.76. The molecule has 170 valence electrons. The Hall–Kier alpha value is -2.58. The molecule has 2 aliphatic heterocycles. The average molecular weight is 437 g/mol. The van der Waals surface area contributed by atoms with E-state index in [4.69, 9.17) is 9.05 Å². The van der Waals surface area contributed by atoms with E-state index >= 15 is 0 Å². The van der Waals surface area contributed by atoms with Crippen molar-refractivity contribution in [3.63, 3.8) is 0 Å². The molecule has 0 aliphatic carbocycles. The molecule has 3 aromatic rings. The van der Waals surface area contributed by atoms with E-state index in [1.54, 1.807) is 0 Å². The minimum atomic E-state index is 0.405. The Bertz CT molecular complexity index is 916. The second-order valence-electron chi connectivity index (χ2n) is 9.28. The SMILES string of the molecule is Cc1noc(C2CCN(Cc3ccc(CN4CCC(c5nc(C)no5)CC4)cc3)CC2)n1. The van der Waals surface area contributed by atoms with Gasteiger partial charge in [-0.05, 0) is 76.8 Å². The maximum Gasteiger partial charge on any atom is 0.229 e. The highest BCUT2D eigenvalue weighted by molar-refractivity contribution is 5.22. The third kappa shape index (κ3) is 5.07. The van der Waals surface area contributed by atoms with Crippen molar-refractivity contribution in [3.05, 3.63) is 58.8 Å². The quantitative estimate of drug-likeness (QED) is 0.576. The van der Waals surface area contributed by atoms with Gasteiger partial charge in [0.2, 0.25) is 11.8 Å². The zero-order valence-electron chi connectivity index (χ0n) is 19.0. The fourth-order valence-electron chi connectivity index (χ4n) is 4.90. The molecule has 2 saturated heterocycles. The van der Waals surface area contributed by atoms with Crippen molar-refractivity contribution in [1.29, 1.82) is 0 Å². The van der Waals surface area contributed by atoms with Gasteiger partial charge in [0.25, 0.3) is 0 Å². The van der Waals surface area contributed by atoms with Crippen molar-refractivity contribution in [2.75, 3.05) is 26.2 Å². The Morgan fingerprint density at radius 2 is 1.06 bits per heavy atom. The molecule has 1 aromatic carbocycles. The van der Waals surface area contributed by atoms with Gasteiger partial charge in [-0.15, -0.1) is 0 Å². The molecule has 0 N–H and O–H groups in total. The van der Waals surface area contributed by atoms with E-state index in [0.717, 1.165) is 88.4 Å². The van der Waals surface area contributed by atoms with Gasteiger partial charge in [-0.2, -0.15) is 9.97 Å². The monoisotopic (exact) mass is 436 g/mol. The molecule has 0 unspecified atom stereocenters. The topological polar surface area (TPSA) is 84.3 Å². The van der Waals surface area contributed by atoms with Crippen LogP contribution < -0.4 is 0 Å². The number of hydrogen-bond donors (Lipinski definition) is 0. The zero-order chi connectivity index (χ0) is 21.9. The van der Waals surface area contributed by atoms with Crippen LogP contribution in [0.2, 0.25) is 0 Å². The normalized spacial score (nSPS) is 19.6. The molecule has 0 amide bonds. The summed E-state index contributed by atoms with van der Waals surface area (Å²) in [4.78, 5) is 13.9. The Kier molecular flexibility index (Phi) is 6.32. The van der Waals surface area contributed by atoms with Crippen LogP contribution in [0.1, 0.15) is 72.1 Å². The van der Waals surface area contributed by atoms with E-state index in [9.17, 15) is 0 Å². The van der Waals surface area contributed by atoms with Crippen LogP contribution in [0.4, 0.5) is 0 Å². The van der Waals surface area contributed by atoms with Crippen LogP contribution in [0.3, 0.4) is 0 Å². The van der Waals surface area contributed by atoms with Gasteiger partial charge in [-0.3, -0.25) is 9.80 Å². The number of hydrogen-bond acceptors (Lipinski definition) is 8. The molecule has 0 spiro atoms. The maximum absolute atomic E-state index is 5.37. The molecule has 8 heteroatoms. The summed E-state index contributed by atoms with van der Waals surface area (Å²) in [5, 5.41) is 7.87. The number of aryl methyl sites for hydroxylation is 2. The zero-order valence-corrected chi connectivity index (χ0v) is 19.0. The highest BCUT2D eigenvalue weighted by Crippen LogP contribution is 2.29. The number of likely N-dealkylation sites (tertiary alicyclic amines) is 2. The Balaban J connectivity index is 1.07. The van der Waals surface area contributed by atoms with Crippen LogP contribution in [0.5, 0.6) is 0 Å². The molecule has 32 heavy (non-hydrogen) atoms. The fraction of sp³-hybridized carbons (Fsp3) is 0.583. The Morgan fingerprint density at radius 1 is 0.688 bits per heavy atom. The lowest BCUT2D eigenvalue weighted by Gasteiger charge is -2.31. The molecular weight excluding hydrogens is 404 g/mol. The van der Waals surface area contributed by atoms with E-state index in [-0.39, 0.29) is 0 Å². The first-order chi connectivity index (χ1) is 15.6. The van der Waals surface area contributed by atoms with Gasteiger partial charge in [0.1, 0.15) is 0 Å². The first-order valence-electron chi connectivity index (χ1n) is 11.8. The fourth-order valence-corrected chi connectivity index (χ4v) is 4.90. The van der Waals surface area contributed by atoms with E-state index in [0.29, 0.717) is 11.8 Å². The second kappa shape index (κ2) is 9.50. The average Bonchev–Trinajstić information content (AvgIpc) is 3.44. The van der Waals surface area contributed by atoms with Crippen LogP contribution in [0, 0.1) is 13.8 Å². The van der Waals surface area contributed by atoms with E-state index in [1.807, 2.05) is 13.8 Å². The van der Waals surface area contributed by atoms with E-state index in [1.165, 1.54) is 11.1 Å². The van der Waals surface area contributed by atoms with Crippen LogP contribution in [-0.4, -0.2) is 56.3 Å². The van der Waals surface area contributed by atoms with Gasteiger partial charge in [0, 0.05) is 24.9 Å². The first kappa shape index (κ1) is 21.3. The van der Waals surface area contributed by atoms with Crippen LogP contribution >= 0.6 is 0 Å². The molecule has 0 atom stereocenters. The van der Waals surface area contributed by atoms with Crippen LogP contribution in [0.15, 0.2) is 33.3 Å². The minimum Gasteiger partial charge on any atom is -0.339 e.